The highest BCUT2D eigenvalue weighted by Gasteiger charge is 2.11. The van der Waals surface area contributed by atoms with Crippen molar-refractivity contribution >= 4 is 28.2 Å². The number of aromatic nitrogens is 2. The first kappa shape index (κ1) is 11.7. The Kier molecular flexibility index (Phi) is 3.16. The zero-order valence-corrected chi connectivity index (χ0v) is 9.64. The van der Waals surface area contributed by atoms with Gasteiger partial charge >= 0.3 is 0 Å². The number of ether oxygens (including phenoxy) is 1. The molecule has 0 spiro atoms. The molecule has 6 nitrogen and oxygen atoms in total. The maximum atomic E-state index is 10.6. The van der Waals surface area contributed by atoms with Gasteiger partial charge in [-0.2, -0.15) is 0 Å². The van der Waals surface area contributed by atoms with Crippen LogP contribution >= 0.6 is 11.6 Å². The minimum Gasteiger partial charge on any atom is -0.377 e. The van der Waals surface area contributed by atoms with Crippen LogP contribution in [0.3, 0.4) is 0 Å². The van der Waals surface area contributed by atoms with Gasteiger partial charge in [0.2, 0.25) is 0 Å². The van der Waals surface area contributed by atoms with Gasteiger partial charge in [0.25, 0.3) is 5.69 Å². The molecule has 0 bridgehead atoms. The molecule has 1 aromatic heterocycles. The quantitative estimate of drug-likeness (QED) is 0.477. The van der Waals surface area contributed by atoms with E-state index in [-0.39, 0.29) is 17.4 Å². The third kappa shape index (κ3) is 2.32. The largest absolute Gasteiger partial charge is 0.377 e. The predicted molar refractivity (Wildman–Crippen MR) is 61.9 cm³/mol. The second-order valence-corrected chi connectivity index (χ2v) is 3.68. The van der Waals surface area contributed by atoms with Crippen molar-refractivity contribution in [2.45, 2.75) is 6.61 Å². The summed E-state index contributed by atoms with van der Waals surface area (Å²) in [5, 5.41) is 11.3. The Morgan fingerprint density at radius 3 is 2.88 bits per heavy atom. The van der Waals surface area contributed by atoms with Gasteiger partial charge in [-0.25, -0.2) is 9.97 Å². The van der Waals surface area contributed by atoms with Crippen molar-refractivity contribution < 1.29 is 9.66 Å². The summed E-state index contributed by atoms with van der Waals surface area (Å²) in [5.41, 5.74) is 0.519. The highest BCUT2D eigenvalue weighted by molar-refractivity contribution is 6.34. The number of nitrogens with zero attached hydrogens (tertiary/aromatic N) is 3. The number of benzene rings is 1. The molecule has 2 rings (SSSR count). The fourth-order valence-electron chi connectivity index (χ4n) is 1.43. The Bertz CT molecular complexity index is 588. The molecule has 0 saturated heterocycles. The maximum Gasteiger partial charge on any atom is 0.270 e. The minimum absolute atomic E-state index is 0.0394. The molecular weight excluding hydrogens is 246 g/mol. The van der Waals surface area contributed by atoms with Crippen LogP contribution in [0, 0.1) is 10.1 Å². The van der Waals surface area contributed by atoms with Crippen LogP contribution in [0.2, 0.25) is 5.15 Å². The smallest absolute Gasteiger partial charge is 0.270 e. The lowest BCUT2D eigenvalue weighted by molar-refractivity contribution is -0.384. The van der Waals surface area contributed by atoms with Gasteiger partial charge in [0.15, 0.2) is 5.82 Å². The second-order valence-electron chi connectivity index (χ2n) is 3.32. The highest BCUT2D eigenvalue weighted by atomic mass is 35.5. The molecule has 0 amide bonds. The molecule has 2 aromatic rings. The molecular formula is C10H8ClN3O3. The van der Waals surface area contributed by atoms with E-state index in [1.807, 2.05) is 0 Å². The summed E-state index contributed by atoms with van der Waals surface area (Å²) in [5.74, 6) is 0.443. The van der Waals surface area contributed by atoms with Gasteiger partial charge in [0.05, 0.1) is 10.4 Å². The highest BCUT2D eigenvalue weighted by Crippen LogP contribution is 2.24. The molecule has 88 valence electrons. The zero-order chi connectivity index (χ0) is 12.4. The number of rotatable bonds is 3. The van der Waals surface area contributed by atoms with E-state index in [4.69, 9.17) is 16.3 Å². The van der Waals surface area contributed by atoms with Gasteiger partial charge in [-0.05, 0) is 6.07 Å². The number of hydrogen-bond donors (Lipinski definition) is 0. The third-order valence-electron chi connectivity index (χ3n) is 2.16. The van der Waals surface area contributed by atoms with Crippen LogP contribution in [0.15, 0.2) is 18.2 Å². The van der Waals surface area contributed by atoms with Gasteiger partial charge in [-0.15, -0.1) is 0 Å². The number of nitro groups is 1. The standard InChI is InChI=1S/C10H8ClN3O3/c1-17-5-9-12-8-3-2-6(14(15)16)4-7(8)10(11)13-9/h2-4H,5H2,1H3. The van der Waals surface area contributed by atoms with Crippen molar-refractivity contribution in [2.24, 2.45) is 0 Å². The molecule has 0 aliphatic rings. The number of non-ortho nitro benzene ring substituents is 1. The Labute approximate surface area is 101 Å². The van der Waals surface area contributed by atoms with Crippen molar-refractivity contribution in [3.63, 3.8) is 0 Å². The molecule has 0 aliphatic carbocycles. The van der Waals surface area contributed by atoms with Gasteiger partial charge in [-0.1, -0.05) is 11.6 Å². The molecule has 0 atom stereocenters. The molecule has 0 saturated carbocycles. The van der Waals surface area contributed by atoms with E-state index in [2.05, 4.69) is 9.97 Å². The van der Waals surface area contributed by atoms with Gasteiger partial charge in [0.1, 0.15) is 11.8 Å². The van der Waals surface area contributed by atoms with Gasteiger partial charge in [0, 0.05) is 24.6 Å². The van der Waals surface area contributed by atoms with E-state index in [1.54, 1.807) is 6.07 Å². The first-order valence-electron chi connectivity index (χ1n) is 4.71. The number of methoxy groups -OCH3 is 1. The van der Waals surface area contributed by atoms with E-state index in [0.717, 1.165) is 0 Å². The van der Waals surface area contributed by atoms with E-state index >= 15 is 0 Å². The van der Waals surface area contributed by atoms with Crippen LogP contribution in [0.5, 0.6) is 0 Å². The van der Waals surface area contributed by atoms with Gasteiger partial charge in [-0.3, -0.25) is 10.1 Å². The molecule has 0 fully saturated rings. The van der Waals surface area contributed by atoms with Crippen molar-refractivity contribution in [3.8, 4) is 0 Å². The average Bonchev–Trinajstić information content (AvgIpc) is 2.29. The zero-order valence-electron chi connectivity index (χ0n) is 8.88. The van der Waals surface area contributed by atoms with Crippen LogP contribution in [-0.4, -0.2) is 22.0 Å². The summed E-state index contributed by atoms with van der Waals surface area (Å²) in [6.45, 7) is 0.243. The van der Waals surface area contributed by atoms with Crippen molar-refractivity contribution in [3.05, 3.63) is 39.3 Å². The van der Waals surface area contributed by atoms with Crippen LogP contribution in [0.1, 0.15) is 5.82 Å². The van der Waals surface area contributed by atoms with Crippen molar-refractivity contribution in [2.75, 3.05) is 7.11 Å². The average molecular weight is 254 g/mol. The van der Waals surface area contributed by atoms with E-state index in [0.29, 0.717) is 16.7 Å². The number of hydrogen-bond acceptors (Lipinski definition) is 5. The summed E-state index contributed by atoms with van der Waals surface area (Å²) >= 11 is 5.95. The third-order valence-corrected chi connectivity index (χ3v) is 2.45. The number of halogens is 1. The van der Waals surface area contributed by atoms with Crippen molar-refractivity contribution in [1.82, 2.24) is 9.97 Å². The Morgan fingerprint density at radius 2 is 2.24 bits per heavy atom. The summed E-state index contributed by atoms with van der Waals surface area (Å²) in [6.07, 6.45) is 0. The Balaban J connectivity index is 2.60. The predicted octanol–water partition coefficient (Wildman–Crippen LogP) is 2.34. The van der Waals surface area contributed by atoms with E-state index in [9.17, 15) is 10.1 Å². The molecule has 0 radical (unpaired) electrons. The second kappa shape index (κ2) is 4.60. The lowest BCUT2D eigenvalue weighted by Crippen LogP contribution is -1.98. The number of nitro benzene ring substituents is 1. The topological polar surface area (TPSA) is 78.2 Å². The molecule has 1 aromatic carbocycles. The summed E-state index contributed by atoms with van der Waals surface area (Å²) in [7, 11) is 1.53. The summed E-state index contributed by atoms with van der Waals surface area (Å²) in [4.78, 5) is 18.3. The molecule has 7 heteroatoms. The Hall–Kier alpha value is -1.79. The fraction of sp³-hybridized carbons (Fsp3) is 0.200. The summed E-state index contributed by atoms with van der Waals surface area (Å²) in [6, 6.07) is 4.27. The molecule has 1 heterocycles. The minimum atomic E-state index is -0.487. The SMILES string of the molecule is COCc1nc(Cl)c2cc([N+](=O)[O-])ccc2n1. The monoisotopic (exact) mass is 253 g/mol. The maximum absolute atomic E-state index is 10.6. The van der Waals surface area contributed by atoms with Crippen LogP contribution in [-0.2, 0) is 11.3 Å². The normalized spacial score (nSPS) is 10.7. The molecule has 17 heavy (non-hydrogen) atoms. The van der Waals surface area contributed by atoms with Gasteiger partial charge < -0.3 is 4.74 Å². The first-order valence-corrected chi connectivity index (χ1v) is 5.09. The van der Waals surface area contributed by atoms with Crippen LogP contribution in [0.4, 0.5) is 5.69 Å². The van der Waals surface area contributed by atoms with Crippen molar-refractivity contribution in [1.29, 1.82) is 0 Å². The fourth-order valence-corrected chi connectivity index (χ4v) is 1.68. The number of fused-ring (bicyclic) bond motifs is 1. The lowest BCUT2D eigenvalue weighted by atomic mass is 10.2. The molecule has 0 unspecified atom stereocenters. The Morgan fingerprint density at radius 1 is 1.47 bits per heavy atom. The molecule has 0 aliphatic heterocycles. The summed E-state index contributed by atoms with van der Waals surface area (Å²) < 4.78 is 4.90. The van der Waals surface area contributed by atoms with E-state index < -0.39 is 4.92 Å². The van der Waals surface area contributed by atoms with E-state index in [1.165, 1.54) is 19.2 Å². The lowest BCUT2D eigenvalue weighted by Gasteiger charge is -2.03. The van der Waals surface area contributed by atoms with Crippen LogP contribution in [0.25, 0.3) is 10.9 Å². The molecule has 0 N–H and O–H groups in total. The van der Waals surface area contributed by atoms with Crippen LogP contribution < -0.4 is 0 Å². The first-order chi connectivity index (χ1) is 8.11.